The molecule has 2 heterocycles. The Kier molecular flexibility index (Phi) is 2.82. The second-order valence-corrected chi connectivity index (χ2v) is 5.54. The maximum Gasteiger partial charge on any atom is 0.125 e. The summed E-state index contributed by atoms with van der Waals surface area (Å²) in [5, 5.41) is 3.61. The summed E-state index contributed by atoms with van der Waals surface area (Å²) in [6.07, 6.45) is 3.62. The number of para-hydroxylation sites is 1. The Balaban J connectivity index is 1.87. The van der Waals surface area contributed by atoms with Crippen molar-refractivity contribution in [1.82, 2.24) is 15.3 Å². The van der Waals surface area contributed by atoms with Crippen molar-refractivity contribution in [3.05, 3.63) is 48.0 Å². The molecule has 19 heavy (non-hydrogen) atoms. The molecule has 1 aliphatic heterocycles. The highest BCUT2D eigenvalue weighted by atomic mass is 16.5. The molecule has 2 aromatic rings. The van der Waals surface area contributed by atoms with Crippen molar-refractivity contribution in [3.8, 4) is 5.75 Å². The molecule has 1 aromatic carbocycles. The van der Waals surface area contributed by atoms with Crippen LogP contribution in [0, 0.1) is 0 Å². The van der Waals surface area contributed by atoms with Gasteiger partial charge in [0.2, 0.25) is 0 Å². The standard InChI is InChI=1S/C15H19N3O/c1-10(14-16-8-9-17-14)18-13-11-6-4-5-7-12(11)19-15(13,2)3/h4-10,13,18H,1-3H3,(H,16,17). The van der Waals surface area contributed by atoms with E-state index in [1.165, 1.54) is 5.56 Å². The predicted octanol–water partition coefficient (Wildman–Crippen LogP) is 2.97. The highest BCUT2D eigenvalue weighted by Crippen LogP contribution is 2.43. The molecule has 0 saturated heterocycles. The van der Waals surface area contributed by atoms with E-state index in [1.54, 1.807) is 6.20 Å². The van der Waals surface area contributed by atoms with Gasteiger partial charge in [0.05, 0.1) is 12.1 Å². The van der Waals surface area contributed by atoms with Gasteiger partial charge in [-0.25, -0.2) is 4.98 Å². The van der Waals surface area contributed by atoms with E-state index in [1.807, 2.05) is 18.3 Å². The Morgan fingerprint density at radius 3 is 2.89 bits per heavy atom. The van der Waals surface area contributed by atoms with Crippen LogP contribution >= 0.6 is 0 Å². The van der Waals surface area contributed by atoms with Gasteiger partial charge < -0.3 is 9.72 Å². The number of fused-ring (bicyclic) bond motifs is 1. The first kappa shape index (κ1) is 12.2. The number of aromatic amines is 1. The van der Waals surface area contributed by atoms with Gasteiger partial charge in [0, 0.05) is 18.0 Å². The molecule has 2 N–H and O–H groups in total. The van der Waals surface area contributed by atoms with Gasteiger partial charge in [0.25, 0.3) is 0 Å². The van der Waals surface area contributed by atoms with Crippen molar-refractivity contribution in [3.63, 3.8) is 0 Å². The van der Waals surface area contributed by atoms with E-state index >= 15 is 0 Å². The molecule has 1 aliphatic rings. The largest absolute Gasteiger partial charge is 0.486 e. The summed E-state index contributed by atoms with van der Waals surface area (Å²) >= 11 is 0. The van der Waals surface area contributed by atoms with E-state index in [4.69, 9.17) is 4.74 Å². The molecule has 0 saturated carbocycles. The molecule has 0 bridgehead atoms. The second-order valence-electron chi connectivity index (χ2n) is 5.54. The molecule has 100 valence electrons. The lowest BCUT2D eigenvalue weighted by Crippen LogP contribution is -2.40. The number of ether oxygens (including phenoxy) is 1. The van der Waals surface area contributed by atoms with E-state index in [-0.39, 0.29) is 17.7 Å². The Labute approximate surface area is 113 Å². The fourth-order valence-electron chi connectivity index (χ4n) is 2.66. The molecule has 0 amide bonds. The van der Waals surface area contributed by atoms with Crippen LogP contribution in [0.4, 0.5) is 0 Å². The van der Waals surface area contributed by atoms with Crippen LogP contribution in [0.5, 0.6) is 5.75 Å². The molecule has 4 nitrogen and oxygen atoms in total. The molecule has 2 unspecified atom stereocenters. The smallest absolute Gasteiger partial charge is 0.125 e. The van der Waals surface area contributed by atoms with Crippen molar-refractivity contribution in [1.29, 1.82) is 0 Å². The second kappa shape index (κ2) is 4.38. The van der Waals surface area contributed by atoms with Crippen LogP contribution in [-0.4, -0.2) is 15.6 Å². The van der Waals surface area contributed by atoms with Crippen molar-refractivity contribution in [2.45, 2.75) is 38.5 Å². The summed E-state index contributed by atoms with van der Waals surface area (Å²) in [5.74, 6) is 1.91. The summed E-state index contributed by atoms with van der Waals surface area (Å²) in [6, 6.07) is 8.51. The van der Waals surface area contributed by atoms with Gasteiger partial charge in [0.15, 0.2) is 0 Å². The quantitative estimate of drug-likeness (QED) is 0.888. The van der Waals surface area contributed by atoms with Gasteiger partial charge in [-0.3, -0.25) is 5.32 Å². The molecule has 0 aliphatic carbocycles. The number of aromatic nitrogens is 2. The lowest BCUT2D eigenvalue weighted by Gasteiger charge is -2.29. The maximum atomic E-state index is 6.03. The van der Waals surface area contributed by atoms with Gasteiger partial charge in [0.1, 0.15) is 17.2 Å². The monoisotopic (exact) mass is 257 g/mol. The average molecular weight is 257 g/mol. The van der Waals surface area contributed by atoms with Crippen LogP contribution in [0.15, 0.2) is 36.7 Å². The molecule has 0 radical (unpaired) electrons. The Morgan fingerprint density at radius 2 is 2.16 bits per heavy atom. The number of rotatable bonds is 3. The lowest BCUT2D eigenvalue weighted by molar-refractivity contribution is 0.0914. The van der Waals surface area contributed by atoms with Gasteiger partial charge in [-0.1, -0.05) is 18.2 Å². The Morgan fingerprint density at radius 1 is 1.37 bits per heavy atom. The predicted molar refractivity (Wildman–Crippen MR) is 74.0 cm³/mol. The van der Waals surface area contributed by atoms with E-state index in [9.17, 15) is 0 Å². The molecule has 2 atom stereocenters. The molecule has 0 spiro atoms. The van der Waals surface area contributed by atoms with E-state index in [0.717, 1.165) is 11.6 Å². The summed E-state index contributed by atoms with van der Waals surface area (Å²) < 4.78 is 6.03. The number of hydrogen-bond acceptors (Lipinski definition) is 3. The molecular weight excluding hydrogens is 238 g/mol. The zero-order valence-corrected chi connectivity index (χ0v) is 11.5. The third-order valence-electron chi connectivity index (χ3n) is 3.64. The first-order valence-electron chi connectivity index (χ1n) is 6.61. The van der Waals surface area contributed by atoms with Gasteiger partial charge in [-0.15, -0.1) is 0 Å². The summed E-state index contributed by atoms with van der Waals surface area (Å²) in [6.45, 7) is 6.33. The molecular formula is C15H19N3O. The zero-order valence-electron chi connectivity index (χ0n) is 11.5. The van der Waals surface area contributed by atoms with Crippen molar-refractivity contribution < 1.29 is 4.74 Å². The fraction of sp³-hybridized carbons (Fsp3) is 0.400. The fourth-order valence-corrected chi connectivity index (χ4v) is 2.66. The normalized spacial score (nSPS) is 21.7. The first-order chi connectivity index (χ1) is 9.08. The minimum Gasteiger partial charge on any atom is -0.486 e. The Bertz CT molecular complexity index is 563. The number of nitrogens with one attached hydrogen (secondary N) is 2. The average Bonchev–Trinajstić information content (AvgIpc) is 2.96. The lowest BCUT2D eigenvalue weighted by atomic mass is 9.94. The first-order valence-corrected chi connectivity index (χ1v) is 6.61. The third kappa shape index (κ3) is 2.12. The zero-order chi connectivity index (χ0) is 13.5. The third-order valence-corrected chi connectivity index (χ3v) is 3.64. The van der Waals surface area contributed by atoms with Crippen LogP contribution in [-0.2, 0) is 0 Å². The van der Waals surface area contributed by atoms with Crippen molar-refractivity contribution in [2.75, 3.05) is 0 Å². The maximum absolute atomic E-state index is 6.03. The van der Waals surface area contributed by atoms with Crippen molar-refractivity contribution >= 4 is 0 Å². The van der Waals surface area contributed by atoms with Crippen LogP contribution in [0.25, 0.3) is 0 Å². The molecule has 0 fully saturated rings. The van der Waals surface area contributed by atoms with Gasteiger partial charge >= 0.3 is 0 Å². The van der Waals surface area contributed by atoms with Crippen LogP contribution in [0.1, 0.15) is 44.2 Å². The van der Waals surface area contributed by atoms with E-state index < -0.39 is 0 Å². The topological polar surface area (TPSA) is 49.9 Å². The number of hydrogen-bond donors (Lipinski definition) is 2. The van der Waals surface area contributed by atoms with E-state index in [0.29, 0.717) is 0 Å². The van der Waals surface area contributed by atoms with E-state index in [2.05, 4.69) is 48.2 Å². The summed E-state index contributed by atoms with van der Waals surface area (Å²) in [4.78, 5) is 7.45. The van der Waals surface area contributed by atoms with Gasteiger partial charge in [-0.05, 0) is 26.8 Å². The number of nitrogens with zero attached hydrogens (tertiary/aromatic N) is 1. The SMILES string of the molecule is CC(NC1c2ccccc2OC1(C)C)c1ncc[nH]1. The minimum absolute atomic E-state index is 0.147. The molecule has 3 rings (SSSR count). The molecule has 4 heteroatoms. The summed E-state index contributed by atoms with van der Waals surface area (Å²) in [5.41, 5.74) is 0.954. The molecule has 1 aromatic heterocycles. The summed E-state index contributed by atoms with van der Waals surface area (Å²) in [7, 11) is 0. The van der Waals surface area contributed by atoms with Crippen molar-refractivity contribution in [2.24, 2.45) is 0 Å². The minimum atomic E-state index is -0.259. The number of benzene rings is 1. The Hall–Kier alpha value is -1.81. The number of H-pyrrole nitrogens is 1. The van der Waals surface area contributed by atoms with Crippen LogP contribution < -0.4 is 10.1 Å². The number of imidazole rings is 1. The highest BCUT2D eigenvalue weighted by molar-refractivity contribution is 5.42. The highest BCUT2D eigenvalue weighted by Gasteiger charge is 2.41. The van der Waals surface area contributed by atoms with Crippen LogP contribution in [0.3, 0.4) is 0 Å². The van der Waals surface area contributed by atoms with Gasteiger partial charge in [-0.2, -0.15) is 0 Å². The van der Waals surface area contributed by atoms with Crippen LogP contribution in [0.2, 0.25) is 0 Å².